The molecular weight excluding hydrogens is 365 g/mol. The van der Waals surface area contributed by atoms with Crippen molar-refractivity contribution in [2.24, 2.45) is 5.41 Å². The molecule has 5 nitrogen and oxygen atoms in total. The van der Waals surface area contributed by atoms with Crippen LogP contribution in [0.1, 0.15) is 30.6 Å². The summed E-state index contributed by atoms with van der Waals surface area (Å²) in [6.45, 7) is 4.44. The van der Waals surface area contributed by atoms with Crippen molar-refractivity contribution in [1.82, 2.24) is 4.31 Å². The molecule has 8 heteroatoms. The van der Waals surface area contributed by atoms with Crippen molar-refractivity contribution >= 4 is 31.9 Å². The van der Waals surface area contributed by atoms with E-state index in [1.54, 1.807) is 0 Å². The van der Waals surface area contributed by atoms with E-state index in [1.165, 1.54) is 4.31 Å². The van der Waals surface area contributed by atoms with Crippen molar-refractivity contribution in [3.05, 3.63) is 28.0 Å². The van der Waals surface area contributed by atoms with Gasteiger partial charge in [0.1, 0.15) is 4.90 Å². The Morgan fingerprint density at radius 3 is 2.52 bits per heavy atom. The number of sulfonamides is 1. The largest absolute Gasteiger partial charge is 0.478 e. The number of benzene rings is 1. The number of hydrogen-bond donors (Lipinski definition) is 1. The van der Waals surface area contributed by atoms with Gasteiger partial charge in [-0.1, -0.05) is 29.8 Å². The molecule has 1 saturated heterocycles. The number of nitrogens with zero attached hydrogens (tertiary/aromatic N) is 1. The maximum absolute atomic E-state index is 14.2. The second-order valence-electron chi connectivity index (χ2n) is 5.82. The lowest BCUT2D eigenvalue weighted by Crippen LogP contribution is -2.31. The SMILES string of the molecule is CC1(C)CCN(S(=O)(=O)c2cc(Br)cc(C(=O)O)c2F)C1. The lowest BCUT2D eigenvalue weighted by atomic mass is 9.93. The maximum Gasteiger partial charge on any atom is 0.338 e. The molecule has 0 aromatic heterocycles. The van der Waals surface area contributed by atoms with Crippen molar-refractivity contribution in [2.75, 3.05) is 13.1 Å². The average Bonchev–Trinajstić information content (AvgIpc) is 2.72. The summed E-state index contributed by atoms with van der Waals surface area (Å²) < 4.78 is 40.7. The first-order chi connectivity index (χ1) is 9.54. The fourth-order valence-electron chi connectivity index (χ4n) is 2.31. The van der Waals surface area contributed by atoms with Gasteiger partial charge in [0.2, 0.25) is 10.0 Å². The van der Waals surface area contributed by atoms with E-state index in [1.807, 2.05) is 13.8 Å². The Balaban J connectivity index is 2.53. The van der Waals surface area contributed by atoms with Gasteiger partial charge in [-0.15, -0.1) is 0 Å². The van der Waals surface area contributed by atoms with Crippen LogP contribution >= 0.6 is 15.9 Å². The van der Waals surface area contributed by atoms with Gasteiger partial charge in [0, 0.05) is 17.6 Å². The van der Waals surface area contributed by atoms with Gasteiger partial charge in [0.05, 0.1) is 5.56 Å². The molecule has 1 fully saturated rings. The highest BCUT2D eigenvalue weighted by Crippen LogP contribution is 2.34. The summed E-state index contributed by atoms with van der Waals surface area (Å²) in [5.74, 6) is -2.73. The molecule has 0 saturated carbocycles. The number of halogens is 2. The molecule has 116 valence electrons. The Kier molecular flexibility index (Phi) is 4.16. The molecule has 0 bridgehead atoms. The molecule has 1 aliphatic heterocycles. The van der Waals surface area contributed by atoms with Crippen LogP contribution in [-0.4, -0.2) is 36.9 Å². The second kappa shape index (κ2) is 5.33. The van der Waals surface area contributed by atoms with Crippen molar-refractivity contribution < 1.29 is 22.7 Å². The molecule has 2 rings (SSSR count). The summed E-state index contributed by atoms with van der Waals surface area (Å²) in [5.41, 5.74) is -0.841. The Morgan fingerprint density at radius 1 is 1.43 bits per heavy atom. The highest BCUT2D eigenvalue weighted by Gasteiger charge is 2.38. The normalized spacial score (nSPS) is 18.9. The van der Waals surface area contributed by atoms with Gasteiger partial charge in [0.15, 0.2) is 5.82 Å². The van der Waals surface area contributed by atoms with E-state index in [0.29, 0.717) is 13.0 Å². The smallest absolute Gasteiger partial charge is 0.338 e. The molecule has 21 heavy (non-hydrogen) atoms. The molecule has 0 amide bonds. The monoisotopic (exact) mass is 379 g/mol. The van der Waals surface area contributed by atoms with Gasteiger partial charge in [0.25, 0.3) is 0 Å². The van der Waals surface area contributed by atoms with E-state index in [-0.39, 0.29) is 16.4 Å². The van der Waals surface area contributed by atoms with Crippen LogP contribution in [0.5, 0.6) is 0 Å². The standard InChI is InChI=1S/C13H15BrFNO4S/c1-13(2)3-4-16(7-13)21(19,20)10-6-8(14)5-9(11(10)15)12(17)18/h5-6H,3-4,7H2,1-2H3,(H,17,18). The summed E-state index contributed by atoms with van der Waals surface area (Å²) in [7, 11) is -4.05. The van der Waals surface area contributed by atoms with Crippen LogP contribution in [-0.2, 0) is 10.0 Å². The van der Waals surface area contributed by atoms with Crippen molar-refractivity contribution in [1.29, 1.82) is 0 Å². The number of carboxylic acids is 1. The second-order valence-corrected chi connectivity index (χ2v) is 8.65. The first kappa shape index (κ1) is 16.4. The minimum absolute atomic E-state index is 0.175. The minimum Gasteiger partial charge on any atom is -0.478 e. The summed E-state index contributed by atoms with van der Waals surface area (Å²) in [6, 6.07) is 2.15. The van der Waals surface area contributed by atoms with Crippen LogP contribution in [0.2, 0.25) is 0 Å². The maximum atomic E-state index is 14.2. The van der Waals surface area contributed by atoms with Gasteiger partial charge >= 0.3 is 5.97 Å². The first-order valence-corrected chi connectivity index (χ1v) is 8.50. The van der Waals surface area contributed by atoms with E-state index in [0.717, 1.165) is 12.1 Å². The molecular formula is C13H15BrFNO4S. The lowest BCUT2D eigenvalue weighted by Gasteiger charge is -2.20. The number of rotatable bonds is 3. The summed E-state index contributed by atoms with van der Waals surface area (Å²) in [6.07, 6.45) is 0.674. The van der Waals surface area contributed by atoms with Crippen LogP contribution in [0.3, 0.4) is 0 Å². The van der Waals surface area contributed by atoms with Crippen LogP contribution in [0.15, 0.2) is 21.5 Å². The molecule has 0 spiro atoms. The van der Waals surface area contributed by atoms with Crippen LogP contribution in [0, 0.1) is 11.2 Å². The molecule has 1 aliphatic rings. The highest BCUT2D eigenvalue weighted by atomic mass is 79.9. The zero-order valence-corrected chi connectivity index (χ0v) is 14.0. The summed E-state index contributed by atoms with van der Waals surface area (Å²) in [5, 5.41) is 8.96. The van der Waals surface area contributed by atoms with Gasteiger partial charge < -0.3 is 5.11 Å². The molecule has 0 aliphatic carbocycles. The Bertz CT molecular complexity index is 702. The predicted octanol–water partition coefficient (Wildman–Crippen LogP) is 2.71. The number of hydrogen-bond acceptors (Lipinski definition) is 3. The van der Waals surface area contributed by atoms with Crippen molar-refractivity contribution in [3.8, 4) is 0 Å². The van der Waals surface area contributed by atoms with Crippen LogP contribution in [0.25, 0.3) is 0 Å². The van der Waals surface area contributed by atoms with Crippen LogP contribution in [0.4, 0.5) is 4.39 Å². The third-order valence-electron chi connectivity index (χ3n) is 3.49. The third kappa shape index (κ3) is 3.12. The predicted molar refractivity (Wildman–Crippen MR) is 78.2 cm³/mol. The topological polar surface area (TPSA) is 74.7 Å². The number of aromatic carboxylic acids is 1. The van der Waals surface area contributed by atoms with E-state index in [4.69, 9.17) is 5.11 Å². The van der Waals surface area contributed by atoms with Gasteiger partial charge in [-0.3, -0.25) is 0 Å². The number of carboxylic acid groups (broad SMARTS) is 1. The Labute approximate surface area is 130 Å². The number of carbonyl (C=O) groups is 1. The van der Waals surface area contributed by atoms with E-state index in [2.05, 4.69) is 15.9 Å². The van der Waals surface area contributed by atoms with E-state index < -0.39 is 32.3 Å². The first-order valence-electron chi connectivity index (χ1n) is 6.27. The third-order valence-corrected chi connectivity index (χ3v) is 5.80. The summed E-state index contributed by atoms with van der Waals surface area (Å²) >= 11 is 3.03. The Hall–Kier alpha value is -0.990. The zero-order chi connectivity index (χ0) is 16.0. The zero-order valence-electron chi connectivity index (χ0n) is 11.6. The van der Waals surface area contributed by atoms with E-state index >= 15 is 0 Å². The quantitative estimate of drug-likeness (QED) is 0.875. The van der Waals surface area contributed by atoms with E-state index in [9.17, 15) is 17.6 Å². The molecule has 0 unspecified atom stereocenters. The molecule has 1 aromatic carbocycles. The molecule has 1 aromatic rings. The van der Waals surface area contributed by atoms with Crippen molar-refractivity contribution in [2.45, 2.75) is 25.2 Å². The van der Waals surface area contributed by atoms with Gasteiger partial charge in [-0.05, 0) is 24.0 Å². The summed E-state index contributed by atoms with van der Waals surface area (Å²) in [4.78, 5) is 10.4. The Morgan fingerprint density at radius 2 is 2.05 bits per heavy atom. The van der Waals surface area contributed by atoms with Crippen molar-refractivity contribution in [3.63, 3.8) is 0 Å². The molecule has 1 heterocycles. The molecule has 0 atom stereocenters. The van der Waals surface area contributed by atoms with Gasteiger partial charge in [-0.2, -0.15) is 4.31 Å². The van der Waals surface area contributed by atoms with Gasteiger partial charge in [-0.25, -0.2) is 17.6 Å². The fraction of sp³-hybridized carbons (Fsp3) is 0.462. The van der Waals surface area contributed by atoms with Crippen LogP contribution < -0.4 is 0 Å². The highest BCUT2D eigenvalue weighted by molar-refractivity contribution is 9.10. The lowest BCUT2D eigenvalue weighted by molar-refractivity contribution is 0.0691. The fourth-order valence-corrected chi connectivity index (χ4v) is 4.67. The minimum atomic E-state index is -4.05. The average molecular weight is 380 g/mol. The molecule has 0 radical (unpaired) electrons. The molecule has 1 N–H and O–H groups in total.